The van der Waals surface area contributed by atoms with Crippen molar-refractivity contribution in [3.8, 4) is 0 Å². The van der Waals surface area contributed by atoms with E-state index < -0.39 is 0 Å². The maximum Gasteiger partial charge on any atom is 0.156 e. The normalized spacial score (nSPS) is 21.4. The van der Waals surface area contributed by atoms with Crippen LogP contribution in [0.1, 0.15) is 48.0 Å². The third kappa shape index (κ3) is 3.46. The first-order valence-electron chi connectivity index (χ1n) is 9.99. The van der Waals surface area contributed by atoms with Gasteiger partial charge >= 0.3 is 0 Å². The molecule has 2 aliphatic rings. The molecule has 1 atom stereocenters. The number of hydrogen-bond acceptors (Lipinski definition) is 6. The number of aryl methyl sites for hydroxylation is 1. The highest BCUT2D eigenvalue weighted by Gasteiger charge is 2.25. The zero-order valence-corrected chi connectivity index (χ0v) is 16.7. The van der Waals surface area contributed by atoms with Crippen molar-refractivity contribution in [1.82, 2.24) is 24.5 Å². The lowest BCUT2D eigenvalue weighted by atomic mass is 9.97. The molecule has 5 heterocycles. The van der Waals surface area contributed by atoms with Crippen molar-refractivity contribution in [1.29, 1.82) is 0 Å². The summed E-state index contributed by atoms with van der Waals surface area (Å²) in [6, 6.07) is 4.31. The highest BCUT2D eigenvalue weighted by Crippen LogP contribution is 2.28. The Kier molecular flexibility index (Phi) is 4.57. The molecule has 0 bridgehead atoms. The van der Waals surface area contributed by atoms with Gasteiger partial charge in [0.1, 0.15) is 0 Å². The SMILES string of the molecule is Cc1ncsc1CN1CCC[C@H](c2nc3ccc(N4CCCC4)cn3n2)C1. The van der Waals surface area contributed by atoms with Gasteiger partial charge < -0.3 is 4.90 Å². The van der Waals surface area contributed by atoms with E-state index in [1.165, 1.54) is 41.9 Å². The van der Waals surface area contributed by atoms with Crippen molar-refractivity contribution in [2.45, 2.75) is 45.1 Å². The molecule has 7 heteroatoms. The van der Waals surface area contributed by atoms with E-state index in [2.05, 4.69) is 40.0 Å². The number of hydrogen-bond donors (Lipinski definition) is 0. The number of thiazole rings is 1. The summed E-state index contributed by atoms with van der Waals surface area (Å²) in [5, 5.41) is 4.86. The van der Waals surface area contributed by atoms with Gasteiger partial charge in [-0.05, 0) is 51.3 Å². The second-order valence-electron chi connectivity index (χ2n) is 7.79. The molecule has 0 aliphatic carbocycles. The fraction of sp³-hybridized carbons (Fsp3) is 0.550. The van der Waals surface area contributed by atoms with Gasteiger partial charge in [-0.15, -0.1) is 11.3 Å². The number of aromatic nitrogens is 4. The summed E-state index contributed by atoms with van der Waals surface area (Å²) < 4.78 is 1.98. The standard InChI is InChI=1S/C20H26N6S/c1-15-18(27-14-21-15)13-24-8-4-5-16(11-24)20-22-19-7-6-17(12-26(19)23-20)25-9-2-3-10-25/h6-7,12,14,16H,2-5,8-11,13H2,1H3/t16-/m0/s1. The average Bonchev–Trinajstić information content (AvgIpc) is 3.42. The lowest BCUT2D eigenvalue weighted by Gasteiger charge is -2.31. The number of fused-ring (bicyclic) bond motifs is 1. The van der Waals surface area contributed by atoms with Crippen LogP contribution in [-0.4, -0.2) is 50.7 Å². The maximum atomic E-state index is 4.86. The van der Waals surface area contributed by atoms with Gasteiger partial charge in [0.15, 0.2) is 11.5 Å². The third-order valence-corrected chi connectivity index (χ3v) is 6.81. The second kappa shape index (κ2) is 7.20. The molecular weight excluding hydrogens is 356 g/mol. The van der Waals surface area contributed by atoms with Crippen LogP contribution < -0.4 is 4.90 Å². The van der Waals surface area contributed by atoms with Gasteiger partial charge in [-0.25, -0.2) is 14.5 Å². The van der Waals surface area contributed by atoms with Crippen molar-refractivity contribution in [2.75, 3.05) is 31.1 Å². The van der Waals surface area contributed by atoms with Crippen LogP contribution in [0.3, 0.4) is 0 Å². The van der Waals surface area contributed by atoms with Gasteiger partial charge in [-0.2, -0.15) is 5.10 Å². The Labute approximate surface area is 163 Å². The van der Waals surface area contributed by atoms with Crippen LogP contribution in [0.2, 0.25) is 0 Å². The zero-order valence-electron chi connectivity index (χ0n) is 15.8. The molecule has 0 unspecified atom stereocenters. The highest BCUT2D eigenvalue weighted by molar-refractivity contribution is 7.09. The van der Waals surface area contributed by atoms with E-state index >= 15 is 0 Å². The highest BCUT2D eigenvalue weighted by atomic mass is 32.1. The van der Waals surface area contributed by atoms with Gasteiger partial charge in [0.2, 0.25) is 0 Å². The monoisotopic (exact) mass is 382 g/mol. The smallest absolute Gasteiger partial charge is 0.156 e. The van der Waals surface area contributed by atoms with Crippen molar-refractivity contribution in [3.63, 3.8) is 0 Å². The van der Waals surface area contributed by atoms with Crippen LogP contribution in [-0.2, 0) is 6.54 Å². The number of piperidine rings is 1. The topological polar surface area (TPSA) is 49.6 Å². The molecule has 0 amide bonds. The molecule has 3 aromatic rings. The van der Waals surface area contributed by atoms with Gasteiger partial charge in [0, 0.05) is 37.0 Å². The first-order chi connectivity index (χ1) is 13.3. The minimum absolute atomic E-state index is 0.419. The molecule has 2 saturated heterocycles. The van der Waals surface area contributed by atoms with Gasteiger partial charge in [-0.1, -0.05) is 0 Å². The van der Waals surface area contributed by atoms with Crippen LogP contribution in [0.25, 0.3) is 5.65 Å². The molecule has 142 valence electrons. The second-order valence-corrected chi connectivity index (χ2v) is 8.73. The number of likely N-dealkylation sites (tertiary alicyclic amines) is 1. The molecule has 0 spiro atoms. The maximum absolute atomic E-state index is 4.86. The minimum Gasteiger partial charge on any atom is -0.370 e. The lowest BCUT2D eigenvalue weighted by molar-refractivity contribution is 0.198. The molecular formula is C20H26N6S. The molecule has 5 rings (SSSR count). The molecule has 2 aliphatic heterocycles. The molecule has 3 aromatic heterocycles. The van der Waals surface area contributed by atoms with E-state index in [1.807, 2.05) is 10.0 Å². The Balaban J connectivity index is 1.34. The molecule has 0 N–H and O–H groups in total. The predicted octanol–water partition coefficient (Wildman–Crippen LogP) is 3.47. The van der Waals surface area contributed by atoms with Crippen molar-refractivity contribution < 1.29 is 0 Å². The van der Waals surface area contributed by atoms with E-state index in [1.54, 1.807) is 11.3 Å². The number of pyridine rings is 1. The molecule has 0 radical (unpaired) electrons. The van der Waals surface area contributed by atoms with E-state index in [4.69, 9.17) is 10.1 Å². The Morgan fingerprint density at radius 2 is 2.04 bits per heavy atom. The average molecular weight is 383 g/mol. The molecule has 0 saturated carbocycles. The number of nitrogens with zero attached hydrogens (tertiary/aromatic N) is 6. The van der Waals surface area contributed by atoms with Crippen molar-refractivity contribution in [2.24, 2.45) is 0 Å². The Morgan fingerprint density at radius 3 is 2.85 bits per heavy atom. The Morgan fingerprint density at radius 1 is 1.15 bits per heavy atom. The van der Waals surface area contributed by atoms with E-state index in [9.17, 15) is 0 Å². The van der Waals surface area contributed by atoms with Crippen LogP contribution in [0.5, 0.6) is 0 Å². The molecule has 2 fully saturated rings. The van der Waals surface area contributed by atoms with Crippen molar-refractivity contribution >= 4 is 22.7 Å². The summed E-state index contributed by atoms with van der Waals surface area (Å²) in [4.78, 5) is 15.6. The molecule has 0 aromatic carbocycles. The van der Waals surface area contributed by atoms with Crippen LogP contribution in [0.15, 0.2) is 23.8 Å². The van der Waals surface area contributed by atoms with Gasteiger partial charge in [0.25, 0.3) is 0 Å². The summed E-state index contributed by atoms with van der Waals surface area (Å²) in [5.41, 5.74) is 5.35. The Hall–Kier alpha value is -1.99. The minimum atomic E-state index is 0.419. The largest absolute Gasteiger partial charge is 0.370 e. The van der Waals surface area contributed by atoms with Crippen molar-refractivity contribution in [3.05, 3.63) is 40.2 Å². The van der Waals surface area contributed by atoms with Crippen LogP contribution in [0, 0.1) is 6.92 Å². The van der Waals surface area contributed by atoms with E-state index in [0.29, 0.717) is 5.92 Å². The van der Waals surface area contributed by atoms with Crippen LogP contribution in [0.4, 0.5) is 5.69 Å². The predicted molar refractivity (Wildman–Crippen MR) is 109 cm³/mol. The number of anilines is 1. The third-order valence-electron chi connectivity index (χ3n) is 5.89. The van der Waals surface area contributed by atoms with E-state index in [-0.39, 0.29) is 0 Å². The zero-order chi connectivity index (χ0) is 18.2. The first-order valence-corrected chi connectivity index (χ1v) is 10.9. The summed E-state index contributed by atoms with van der Waals surface area (Å²) in [5.74, 6) is 1.42. The van der Waals surface area contributed by atoms with Gasteiger partial charge in [-0.3, -0.25) is 4.90 Å². The fourth-order valence-electron chi connectivity index (χ4n) is 4.32. The lowest BCUT2D eigenvalue weighted by Crippen LogP contribution is -2.34. The molecule has 27 heavy (non-hydrogen) atoms. The Bertz CT molecular complexity index is 926. The fourth-order valence-corrected chi connectivity index (χ4v) is 5.13. The van der Waals surface area contributed by atoms with Crippen LogP contribution >= 0.6 is 11.3 Å². The summed E-state index contributed by atoms with van der Waals surface area (Å²) >= 11 is 1.76. The number of rotatable bonds is 4. The summed E-state index contributed by atoms with van der Waals surface area (Å²) in [6.07, 6.45) is 7.11. The summed E-state index contributed by atoms with van der Waals surface area (Å²) in [6.45, 7) is 7.60. The quantitative estimate of drug-likeness (QED) is 0.691. The summed E-state index contributed by atoms with van der Waals surface area (Å²) in [7, 11) is 0. The van der Waals surface area contributed by atoms with Gasteiger partial charge in [0.05, 0.1) is 23.1 Å². The van der Waals surface area contributed by atoms with E-state index in [0.717, 1.165) is 44.2 Å². The first kappa shape index (κ1) is 17.1. The molecule has 6 nitrogen and oxygen atoms in total.